The van der Waals surface area contributed by atoms with E-state index in [1.54, 1.807) is 18.3 Å². The van der Waals surface area contributed by atoms with Crippen LogP contribution in [0.2, 0.25) is 10.0 Å². The number of amides is 1. The molecule has 3 rings (SSSR count). The minimum absolute atomic E-state index is 0.0445. The normalized spacial score (nSPS) is 10.6. The molecule has 3 aromatic rings. The van der Waals surface area contributed by atoms with E-state index >= 15 is 0 Å². The van der Waals surface area contributed by atoms with Crippen LogP contribution in [-0.4, -0.2) is 23.5 Å². The van der Waals surface area contributed by atoms with Gasteiger partial charge in [0.2, 0.25) is 0 Å². The summed E-state index contributed by atoms with van der Waals surface area (Å²) in [6, 6.07) is 12.5. The van der Waals surface area contributed by atoms with E-state index < -0.39 is 18.5 Å². The fourth-order valence-electron chi connectivity index (χ4n) is 2.48. The molecule has 29 heavy (non-hydrogen) atoms. The molecule has 1 aromatic heterocycles. The Labute approximate surface area is 177 Å². The summed E-state index contributed by atoms with van der Waals surface area (Å²) in [4.78, 5) is 28.0. The monoisotopic (exact) mass is 432 g/mol. The number of benzene rings is 2. The number of hydrogen-bond donors (Lipinski definition) is 1. The lowest BCUT2D eigenvalue weighted by atomic mass is 10.1. The highest BCUT2D eigenvalue weighted by atomic mass is 35.5. The van der Waals surface area contributed by atoms with Crippen LogP contribution in [0.25, 0.3) is 11.3 Å². The number of rotatable bonds is 7. The molecule has 2 aromatic carbocycles. The number of carbonyl (C=O) groups excluding carboxylic acids is 2. The third kappa shape index (κ3) is 6.07. The van der Waals surface area contributed by atoms with Crippen molar-refractivity contribution < 1.29 is 18.7 Å². The van der Waals surface area contributed by atoms with Crippen molar-refractivity contribution in [1.29, 1.82) is 0 Å². The van der Waals surface area contributed by atoms with E-state index in [4.69, 9.17) is 32.4 Å². The molecule has 0 unspecified atom stereocenters. The van der Waals surface area contributed by atoms with Crippen LogP contribution in [0.15, 0.2) is 53.1 Å². The summed E-state index contributed by atoms with van der Waals surface area (Å²) in [5.74, 6) is 0.0281. The smallest absolute Gasteiger partial charge is 0.306 e. The topological polar surface area (TPSA) is 81.4 Å². The van der Waals surface area contributed by atoms with Crippen LogP contribution in [0.5, 0.6) is 0 Å². The minimum Gasteiger partial charge on any atom is -0.456 e. The van der Waals surface area contributed by atoms with Gasteiger partial charge in [-0.25, -0.2) is 4.98 Å². The van der Waals surface area contributed by atoms with Crippen molar-refractivity contribution in [2.24, 2.45) is 0 Å². The second kappa shape index (κ2) is 9.58. The first-order chi connectivity index (χ1) is 13.9. The SMILES string of the molecule is Cc1ccc(-c2cnc(CCC(=O)OCC(=O)Nc3ccc(Cl)cc3Cl)o2)cc1. The number of nitrogens with zero attached hydrogens (tertiary/aromatic N) is 1. The molecule has 0 bridgehead atoms. The fraction of sp³-hybridized carbons (Fsp3) is 0.190. The number of esters is 1. The highest BCUT2D eigenvalue weighted by molar-refractivity contribution is 6.36. The van der Waals surface area contributed by atoms with Gasteiger partial charge in [0.05, 0.1) is 23.3 Å². The Bertz CT molecular complexity index is 1020. The third-order valence-electron chi connectivity index (χ3n) is 4.00. The summed E-state index contributed by atoms with van der Waals surface area (Å²) in [5, 5.41) is 3.31. The zero-order chi connectivity index (χ0) is 20.8. The first-order valence-corrected chi connectivity index (χ1v) is 9.58. The number of halogens is 2. The number of hydrogen-bond acceptors (Lipinski definition) is 5. The number of oxazole rings is 1. The van der Waals surface area contributed by atoms with Crippen molar-refractivity contribution in [1.82, 2.24) is 4.98 Å². The van der Waals surface area contributed by atoms with Crippen LogP contribution in [0, 0.1) is 6.92 Å². The van der Waals surface area contributed by atoms with Crippen molar-refractivity contribution in [3.8, 4) is 11.3 Å². The Morgan fingerprint density at radius 3 is 2.62 bits per heavy atom. The maximum Gasteiger partial charge on any atom is 0.306 e. The van der Waals surface area contributed by atoms with Crippen LogP contribution in [0.4, 0.5) is 5.69 Å². The summed E-state index contributed by atoms with van der Waals surface area (Å²) in [5.41, 5.74) is 2.45. The van der Waals surface area contributed by atoms with Crippen LogP contribution in [0.1, 0.15) is 17.9 Å². The van der Waals surface area contributed by atoms with E-state index in [-0.39, 0.29) is 12.8 Å². The maximum atomic E-state index is 11.9. The molecule has 0 saturated carbocycles. The van der Waals surface area contributed by atoms with E-state index in [1.165, 1.54) is 6.07 Å². The van der Waals surface area contributed by atoms with Crippen molar-refractivity contribution in [2.75, 3.05) is 11.9 Å². The van der Waals surface area contributed by atoms with Gasteiger partial charge < -0.3 is 14.5 Å². The average Bonchev–Trinajstić information content (AvgIpc) is 3.16. The molecular weight excluding hydrogens is 415 g/mol. The number of nitrogens with one attached hydrogen (secondary N) is 1. The zero-order valence-corrected chi connectivity index (χ0v) is 17.1. The molecule has 1 N–H and O–H groups in total. The quantitative estimate of drug-likeness (QED) is 0.526. The van der Waals surface area contributed by atoms with Gasteiger partial charge >= 0.3 is 5.97 Å². The molecule has 0 aliphatic carbocycles. The van der Waals surface area contributed by atoms with Crippen molar-refractivity contribution in [3.05, 3.63) is 70.2 Å². The second-order valence-corrected chi connectivity index (χ2v) is 7.16. The Hall–Kier alpha value is -2.83. The van der Waals surface area contributed by atoms with Gasteiger partial charge in [0, 0.05) is 17.0 Å². The molecule has 1 heterocycles. The molecule has 8 heteroatoms. The Morgan fingerprint density at radius 1 is 1.14 bits per heavy atom. The number of carbonyl (C=O) groups is 2. The lowest BCUT2D eigenvalue weighted by Crippen LogP contribution is -2.21. The van der Waals surface area contributed by atoms with Gasteiger partial charge in [-0.1, -0.05) is 53.0 Å². The van der Waals surface area contributed by atoms with Gasteiger partial charge in [0.1, 0.15) is 0 Å². The Morgan fingerprint density at radius 2 is 1.90 bits per heavy atom. The van der Waals surface area contributed by atoms with E-state index in [0.29, 0.717) is 27.4 Å². The lowest BCUT2D eigenvalue weighted by Gasteiger charge is -2.08. The molecule has 0 fully saturated rings. The largest absolute Gasteiger partial charge is 0.456 e. The molecule has 0 spiro atoms. The molecule has 150 valence electrons. The summed E-state index contributed by atoms with van der Waals surface area (Å²) in [6.07, 6.45) is 1.94. The van der Waals surface area contributed by atoms with Crippen LogP contribution in [0.3, 0.4) is 0 Å². The summed E-state index contributed by atoms with van der Waals surface area (Å²) in [6.45, 7) is 1.59. The number of ether oxygens (including phenoxy) is 1. The van der Waals surface area contributed by atoms with Crippen LogP contribution < -0.4 is 5.32 Å². The highest BCUT2D eigenvalue weighted by Gasteiger charge is 2.12. The van der Waals surface area contributed by atoms with E-state index in [2.05, 4.69) is 10.3 Å². The molecule has 0 aliphatic rings. The number of aryl methyl sites for hydroxylation is 2. The predicted molar refractivity (Wildman–Crippen MR) is 111 cm³/mol. The van der Waals surface area contributed by atoms with E-state index in [1.807, 2.05) is 31.2 Å². The van der Waals surface area contributed by atoms with E-state index in [9.17, 15) is 9.59 Å². The fourth-order valence-corrected chi connectivity index (χ4v) is 2.94. The zero-order valence-electron chi connectivity index (χ0n) is 15.6. The van der Waals surface area contributed by atoms with Gasteiger partial charge in [0.15, 0.2) is 18.3 Å². The van der Waals surface area contributed by atoms with Crippen LogP contribution >= 0.6 is 23.2 Å². The molecule has 0 saturated heterocycles. The minimum atomic E-state index is -0.530. The highest BCUT2D eigenvalue weighted by Crippen LogP contribution is 2.25. The molecule has 6 nitrogen and oxygen atoms in total. The predicted octanol–water partition coefficient (Wildman–Crippen LogP) is 5.07. The van der Waals surface area contributed by atoms with Crippen LogP contribution in [-0.2, 0) is 20.7 Å². The molecule has 0 radical (unpaired) electrons. The second-order valence-electron chi connectivity index (χ2n) is 6.32. The Balaban J connectivity index is 1.44. The standard InChI is InChI=1S/C21H18Cl2N2O4/c1-13-2-4-14(5-3-13)18-11-24-20(29-18)8-9-21(27)28-12-19(26)25-17-7-6-15(22)10-16(17)23/h2-7,10-11H,8-9,12H2,1H3,(H,25,26). The summed E-state index contributed by atoms with van der Waals surface area (Å²) in [7, 11) is 0. The number of anilines is 1. The van der Waals surface area contributed by atoms with Crippen molar-refractivity contribution in [2.45, 2.75) is 19.8 Å². The van der Waals surface area contributed by atoms with Gasteiger partial charge in [-0.15, -0.1) is 0 Å². The van der Waals surface area contributed by atoms with Gasteiger partial charge in [-0.3, -0.25) is 9.59 Å². The maximum absolute atomic E-state index is 11.9. The summed E-state index contributed by atoms with van der Waals surface area (Å²) < 4.78 is 10.6. The molecule has 0 atom stereocenters. The lowest BCUT2D eigenvalue weighted by molar-refractivity contribution is -0.147. The van der Waals surface area contributed by atoms with Crippen molar-refractivity contribution in [3.63, 3.8) is 0 Å². The Kier molecular flexibility index (Phi) is 6.90. The van der Waals surface area contributed by atoms with Crippen molar-refractivity contribution >= 4 is 40.8 Å². The van der Waals surface area contributed by atoms with Gasteiger partial charge in [0.25, 0.3) is 5.91 Å². The third-order valence-corrected chi connectivity index (χ3v) is 4.55. The number of aromatic nitrogens is 1. The average molecular weight is 433 g/mol. The first-order valence-electron chi connectivity index (χ1n) is 8.83. The molecule has 1 amide bonds. The summed E-state index contributed by atoms with van der Waals surface area (Å²) >= 11 is 11.8. The molecule has 0 aliphatic heterocycles. The molecular formula is C21H18Cl2N2O4. The first kappa shape index (κ1) is 20.9. The van der Waals surface area contributed by atoms with Gasteiger partial charge in [-0.05, 0) is 25.1 Å². The van der Waals surface area contributed by atoms with E-state index in [0.717, 1.165) is 11.1 Å². The van der Waals surface area contributed by atoms with Gasteiger partial charge in [-0.2, -0.15) is 0 Å².